The number of aliphatic hydroxyl groups is 1. The molecule has 1 aromatic carbocycles. The van der Waals surface area contributed by atoms with Gasteiger partial charge in [-0.05, 0) is 29.0 Å². The van der Waals surface area contributed by atoms with Gasteiger partial charge in [-0.3, -0.25) is 0 Å². The fourth-order valence-corrected chi connectivity index (χ4v) is 2.79. The molecule has 5 nitrogen and oxygen atoms in total. The van der Waals surface area contributed by atoms with Gasteiger partial charge in [0.25, 0.3) is 0 Å². The van der Waals surface area contributed by atoms with Crippen molar-refractivity contribution in [1.82, 2.24) is 20.2 Å². The molecular formula is C10H10Br2N4O. The maximum absolute atomic E-state index is 10.1. The molecule has 17 heavy (non-hydrogen) atoms. The van der Waals surface area contributed by atoms with Gasteiger partial charge in [-0.1, -0.05) is 31.9 Å². The fraction of sp³-hybridized carbons (Fsp3) is 0.300. The molecule has 0 bridgehead atoms. The van der Waals surface area contributed by atoms with E-state index in [4.69, 9.17) is 0 Å². The molecule has 0 aliphatic rings. The average molecular weight is 362 g/mol. The van der Waals surface area contributed by atoms with Crippen LogP contribution < -0.4 is 0 Å². The Bertz CT molecular complexity index is 509. The predicted molar refractivity (Wildman–Crippen MR) is 69.3 cm³/mol. The van der Waals surface area contributed by atoms with Crippen molar-refractivity contribution in [2.75, 3.05) is 0 Å². The second-order valence-corrected chi connectivity index (χ2v) is 5.45. The Kier molecular flexibility index (Phi) is 3.90. The van der Waals surface area contributed by atoms with E-state index < -0.39 is 6.10 Å². The number of halogens is 2. The standard InChI is InChI=1S/C10H10Br2N4O/c1-16-14-10(13-15-16)5-9(17)6-2-7(11)4-8(12)3-6/h2-4,9,17H,5H2,1H3. The minimum Gasteiger partial charge on any atom is -0.388 e. The summed E-state index contributed by atoms with van der Waals surface area (Å²) in [5, 5.41) is 21.7. The first kappa shape index (κ1) is 12.7. The first-order chi connectivity index (χ1) is 8.04. The zero-order chi connectivity index (χ0) is 12.4. The Morgan fingerprint density at radius 1 is 1.29 bits per heavy atom. The van der Waals surface area contributed by atoms with Gasteiger partial charge in [0.15, 0.2) is 5.82 Å². The largest absolute Gasteiger partial charge is 0.388 e. The van der Waals surface area contributed by atoms with Crippen molar-refractivity contribution in [3.05, 3.63) is 38.5 Å². The smallest absolute Gasteiger partial charge is 0.177 e. The van der Waals surface area contributed by atoms with Gasteiger partial charge in [-0.15, -0.1) is 10.2 Å². The second kappa shape index (κ2) is 5.24. The lowest BCUT2D eigenvalue weighted by Crippen LogP contribution is -2.04. The molecule has 90 valence electrons. The van der Waals surface area contributed by atoms with E-state index in [9.17, 15) is 5.11 Å². The zero-order valence-electron chi connectivity index (χ0n) is 9.01. The highest BCUT2D eigenvalue weighted by Gasteiger charge is 2.13. The first-order valence-corrected chi connectivity index (χ1v) is 6.50. The number of aryl methyl sites for hydroxylation is 1. The van der Waals surface area contributed by atoms with Crippen molar-refractivity contribution in [3.63, 3.8) is 0 Å². The van der Waals surface area contributed by atoms with E-state index in [1.54, 1.807) is 7.05 Å². The Balaban J connectivity index is 2.16. The second-order valence-electron chi connectivity index (χ2n) is 3.62. The number of tetrazole rings is 1. The normalized spacial score (nSPS) is 12.7. The molecule has 1 N–H and O–H groups in total. The minimum atomic E-state index is -0.645. The SMILES string of the molecule is Cn1nnc(CC(O)c2cc(Br)cc(Br)c2)n1. The van der Waals surface area contributed by atoms with Crippen LogP contribution in [0, 0.1) is 0 Å². The van der Waals surface area contributed by atoms with Crippen LogP contribution in [0.15, 0.2) is 27.1 Å². The van der Waals surface area contributed by atoms with E-state index >= 15 is 0 Å². The van der Waals surface area contributed by atoms with Gasteiger partial charge in [-0.2, -0.15) is 4.80 Å². The maximum atomic E-state index is 10.1. The highest BCUT2D eigenvalue weighted by molar-refractivity contribution is 9.11. The summed E-state index contributed by atoms with van der Waals surface area (Å²) in [6.45, 7) is 0. The van der Waals surface area contributed by atoms with Crippen molar-refractivity contribution in [2.45, 2.75) is 12.5 Å². The molecule has 1 heterocycles. The Morgan fingerprint density at radius 2 is 1.94 bits per heavy atom. The van der Waals surface area contributed by atoms with Crippen LogP contribution in [0.2, 0.25) is 0 Å². The number of hydrogen-bond donors (Lipinski definition) is 1. The van der Waals surface area contributed by atoms with E-state index in [1.807, 2.05) is 18.2 Å². The van der Waals surface area contributed by atoms with Crippen molar-refractivity contribution >= 4 is 31.9 Å². The molecule has 0 radical (unpaired) electrons. The molecule has 1 aromatic heterocycles. The lowest BCUT2D eigenvalue weighted by Gasteiger charge is -2.09. The Hall–Kier alpha value is -0.790. The predicted octanol–water partition coefficient (Wildman–Crippen LogP) is 2.01. The lowest BCUT2D eigenvalue weighted by atomic mass is 10.1. The van der Waals surface area contributed by atoms with Crippen LogP contribution in [0.5, 0.6) is 0 Å². The molecule has 2 aromatic rings. The van der Waals surface area contributed by atoms with Crippen LogP contribution in [0.25, 0.3) is 0 Å². The molecular weight excluding hydrogens is 352 g/mol. The van der Waals surface area contributed by atoms with Gasteiger partial charge in [0.2, 0.25) is 0 Å². The van der Waals surface area contributed by atoms with Crippen molar-refractivity contribution < 1.29 is 5.11 Å². The van der Waals surface area contributed by atoms with Gasteiger partial charge in [0.1, 0.15) is 0 Å². The average Bonchev–Trinajstić information content (AvgIpc) is 2.62. The van der Waals surface area contributed by atoms with Crippen LogP contribution in [-0.4, -0.2) is 25.3 Å². The summed E-state index contributed by atoms with van der Waals surface area (Å²) in [6.07, 6.45) is -0.301. The van der Waals surface area contributed by atoms with Crippen LogP contribution in [-0.2, 0) is 13.5 Å². The monoisotopic (exact) mass is 360 g/mol. The summed E-state index contributed by atoms with van der Waals surface area (Å²) in [7, 11) is 1.69. The number of aliphatic hydroxyl groups excluding tert-OH is 1. The van der Waals surface area contributed by atoms with Crippen molar-refractivity contribution in [2.24, 2.45) is 7.05 Å². The molecule has 0 spiro atoms. The van der Waals surface area contributed by atoms with E-state index in [-0.39, 0.29) is 0 Å². The molecule has 0 saturated carbocycles. The molecule has 1 atom stereocenters. The third kappa shape index (κ3) is 3.34. The number of rotatable bonds is 3. The van der Waals surface area contributed by atoms with Gasteiger partial charge in [-0.25, -0.2) is 0 Å². The number of nitrogens with zero attached hydrogens (tertiary/aromatic N) is 4. The summed E-state index contributed by atoms with van der Waals surface area (Å²) in [5.74, 6) is 0.524. The maximum Gasteiger partial charge on any atom is 0.177 e. The molecule has 0 amide bonds. The highest BCUT2D eigenvalue weighted by atomic mass is 79.9. The third-order valence-corrected chi connectivity index (χ3v) is 3.11. The summed E-state index contributed by atoms with van der Waals surface area (Å²) < 4.78 is 1.82. The summed E-state index contributed by atoms with van der Waals surface area (Å²) in [6, 6.07) is 5.65. The molecule has 0 saturated heterocycles. The third-order valence-electron chi connectivity index (χ3n) is 2.20. The van der Waals surface area contributed by atoms with Crippen LogP contribution in [0.1, 0.15) is 17.5 Å². The van der Waals surface area contributed by atoms with E-state index in [0.717, 1.165) is 14.5 Å². The van der Waals surface area contributed by atoms with Gasteiger partial charge in [0.05, 0.1) is 13.2 Å². The molecule has 0 aliphatic heterocycles. The van der Waals surface area contributed by atoms with Crippen molar-refractivity contribution in [1.29, 1.82) is 0 Å². The molecule has 1 unspecified atom stereocenters. The number of benzene rings is 1. The number of hydrogen-bond acceptors (Lipinski definition) is 4. The van der Waals surface area contributed by atoms with E-state index in [0.29, 0.717) is 12.2 Å². The van der Waals surface area contributed by atoms with Crippen LogP contribution in [0.4, 0.5) is 0 Å². The molecule has 0 fully saturated rings. The lowest BCUT2D eigenvalue weighted by molar-refractivity contribution is 0.175. The highest BCUT2D eigenvalue weighted by Crippen LogP contribution is 2.25. The van der Waals surface area contributed by atoms with Crippen molar-refractivity contribution in [3.8, 4) is 0 Å². The minimum absolute atomic E-state index is 0.344. The quantitative estimate of drug-likeness (QED) is 0.908. The van der Waals surface area contributed by atoms with Crippen LogP contribution >= 0.6 is 31.9 Å². The van der Waals surface area contributed by atoms with E-state index in [2.05, 4.69) is 47.3 Å². The summed E-state index contributed by atoms with van der Waals surface area (Å²) in [4.78, 5) is 1.37. The van der Waals surface area contributed by atoms with Crippen LogP contribution in [0.3, 0.4) is 0 Å². The molecule has 0 aliphatic carbocycles. The Labute approximate surface area is 115 Å². The summed E-state index contributed by atoms with van der Waals surface area (Å²) >= 11 is 6.76. The molecule has 2 rings (SSSR count). The first-order valence-electron chi connectivity index (χ1n) is 4.91. The number of aromatic nitrogens is 4. The van der Waals surface area contributed by atoms with Gasteiger partial charge >= 0.3 is 0 Å². The molecule has 7 heteroatoms. The van der Waals surface area contributed by atoms with E-state index in [1.165, 1.54) is 4.80 Å². The van der Waals surface area contributed by atoms with Gasteiger partial charge < -0.3 is 5.11 Å². The summed E-state index contributed by atoms with van der Waals surface area (Å²) in [5.41, 5.74) is 0.804. The Morgan fingerprint density at radius 3 is 2.47 bits per heavy atom. The zero-order valence-corrected chi connectivity index (χ0v) is 12.2. The fourth-order valence-electron chi connectivity index (χ4n) is 1.46. The topological polar surface area (TPSA) is 63.8 Å². The van der Waals surface area contributed by atoms with Gasteiger partial charge in [0, 0.05) is 15.4 Å².